The fourth-order valence-corrected chi connectivity index (χ4v) is 3.39. The van der Waals surface area contributed by atoms with Gasteiger partial charge in [0.05, 0.1) is 19.8 Å². The van der Waals surface area contributed by atoms with Crippen molar-refractivity contribution in [1.82, 2.24) is 15.1 Å². The van der Waals surface area contributed by atoms with E-state index in [-0.39, 0.29) is 23.9 Å². The molecule has 2 aliphatic rings. The molecule has 0 radical (unpaired) electrons. The van der Waals surface area contributed by atoms with Gasteiger partial charge in [-0.1, -0.05) is 18.2 Å². The summed E-state index contributed by atoms with van der Waals surface area (Å²) in [5, 5.41) is 3.10. The van der Waals surface area contributed by atoms with Crippen LogP contribution in [0.2, 0.25) is 0 Å². The number of rotatable bonds is 6. The Bertz CT molecular complexity index is 574. The highest BCUT2D eigenvalue weighted by Gasteiger charge is 2.30. The molecular formula is C19H28FN3O2. The lowest BCUT2D eigenvalue weighted by Crippen LogP contribution is -2.53. The van der Waals surface area contributed by atoms with Crippen molar-refractivity contribution in [1.29, 1.82) is 0 Å². The molecule has 1 saturated heterocycles. The van der Waals surface area contributed by atoms with Crippen molar-refractivity contribution in [3.05, 3.63) is 35.6 Å². The maximum atomic E-state index is 14.0. The Morgan fingerprint density at radius 1 is 1.36 bits per heavy atom. The molecule has 5 nitrogen and oxygen atoms in total. The smallest absolute Gasteiger partial charge is 0.318 e. The highest BCUT2D eigenvalue weighted by molar-refractivity contribution is 5.75. The molecular weight excluding hydrogens is 321 g/mol. The Morgan fingerprint density at radius 2 is 2.08 bits per heavy atom. The molecule has 2 amide bonds. The van der Waals surface area contributed by atoms with Crippen LogP contribution in [0, 0.1) is 5.82 Å². The predicted molar refractivity (Wildman–Crippen MR) is 94.8 cm³/mol. The van der Waals surface area contributed by atoms with Crippen molar-refractivity contribution in [2.45, 2.75) is 44.8 Å². The van der Waals surface area contributed by atoms with E-state index in [9.17, 15) is 9.18 Å². The summed E-state index contributed by atoms with van der Waals surface area (Å²) >= 11 is 0. The van der Waals surface area contributed by atoms with Gasteiger partial charge in [0.25, 0.3) is 0 Å². The first-order chi connectivity index (χ1) is 12.1. The average molecular weight is 349 g/mol. The van der Waals surface area contributed by atoms with Crippen LogP contribution in [0.25, 0.3) is 0 Å². The molecule has 0 aromatic heterocycles. The summed E-state index contributed by atoms with van der Waals surface area (Å²) in [6.07, 6.45) is 3.13. The second kappa shape index (κ2) is 8.63. The topological polar surface area (TPSA) is 44.8 Å². The van der Waals surface area contributed by atoms with Crippen molar-refractivity contribution in [3.8, 4) is 0 Å². The third kappa shape index (κ3) is 4.92. The Kier molecular flexibility index (Phi) is 6.26. The molecule has 6 heteroatoms. The lowest BCUT2D eigenvalue weighted by atomic mass is 9.91. The minimum atomic E-state index is -0.249. The van der Waals surface area contributed by atoms with Crippen LogP contribution in [0.1, 0.15) is 31.7 Å². The van der Waals surface area contributed by atoms with E-state index in [0.29, 0.717) is 12.1 Å². The quantitative estimate of drug-likeness (QED) is 0.859. The Morgan fingerprint density at radius 3 is 2.72 bits per heavy atom. The summed E-state index contributed by atoms with van der Waals surface area (Å²) in [5.74, 6) is -0.249. The minimum Gasteiger partial charge on any atom is -0.379 e. The zero-order valence-corrected chi connectivity index (χ0v) is 14.9. The standard InChI is InChI=1S/C19H28FN3O2/c1-15(13-22-9-11-25-12-10-22)21-19(24)23(17-6-4-7-17)14-16-5-2-3-8-18(16)20/h2-3,5,8,15,17H,4,6-7,9-14H2,1H3,(H,21,24)/t15-/m1/s1. The van der Waals surface area contributed by atoms with Crippen molar-refractivity contribution in [2.24, 2.45) is 0 Å². The predicted octanol–water partition coefficient (Wildman–Crippen LogP) is 2.61. The number of benzene rings is 1. The van der Waals surface area contributed by atoms with Crippen LogP contribution < -0.4 is 5.32 Å². The number of morpholine rings is 1. The number of urea groups is 1. The third-order valence-electron chi connectivity index (χ3n) is 5.08. The normalized spacial score (nSPS) is 19.9. The minimum absolute atomic E-state index is 0.0498. The molecule has 2 fully saturated rings. The molecule has 1 aliphatic heterocycles. The van der Waals surface area contributed by atoms with E-state index in [1.54, 1.807) is 17.0 Å². The van der Waals surface area contributed by atoms with Crippen LogP contribution >= 0.6 is 0 Å². The van der Waals surface area contributed by atoms with Gasteiger partial charge in [-0.2, -0.15) is 0 Å². The molecule has 138 valence electrons. The molecule has 1 aromatic carbocycles. The van der Waals surface area contributed by atoms with Gasteiger partial charge in [-0.15, -0.1) is 0 Å². The summed E-state index contributed by atoms with van der Waals surface area (Å²) in [6, 6.07) is 6.88. The maximum absolute atomic E-state index is 14.0. The first-order valence-corrected chi connectivity index (χ1v) is 9.24. The van der Waals surface area contributed by atoms with Gasteiger partial charge in [-0.05, 0) is 32.3 Å². The molecule has 1 heterocycles. The molecule has 1 atom stereocenters. The molecule has 1 N–H and O–H groups in total. The first-order valence-electron chi connectivity index (χ1n) is 9.24. The highest BCUT2D eigenvalue weighted by Crippen LogP contribution is 2.27. The molecule has 3 rings (SSSR count). The monoisotopic (exact) mass is 349 g/mol. The molecule has 0 unspecified atom stereocenters. The maximum Gasteiger partial charge on any atom is 0.318 e. The van der Waals surface area contributed by atoms with E-state index in [4.69, 9.17) is 4.74 Å². The van der Waals surface area contributed by atoms with Gasteiger partial charge < -0.3 is 15.0 Å². The summed E-state index contributed by atoms with van der Waals surface area (Å²) < 4.78 is 19.4. The number of nitrogens with one attached hydrogen (secondary N) is 1. The molecule has 1 aromatic rings. The largest absolute Gasteiger partial charge is 0.379 e. The fourth-order valence-electron chi connectivity index (χ4n) is 3.39. The van der Waals surface area contributed by atoms with Crippen molar-refractivity contribution >= 4 is 6.03 Å². The Balaban J connectivity index is 1.58. The molecule has 1 saturated carbocycles. The average Bonchev–Trinajstić information content (AvgIpc) is 2.55. The van der Waals surface area contributed by atoms with Crippen molar-refractivity contribution in [3.63, 3.8) is 0 Å². The van der Waals surface area contributed by atoms with Gasteiger partial charge in [-0.25, -0.2) is 9.18 Å². The summed E-state index contributed by atoms with van der Waals surface area (Å²) in [7, 11) is 0. The number of carbonyl (C=O) groups is 1. The van der Waals surface area contributed by atoms with Gasteiger partial charge >= 0.3 is 6.03 Å². The second-order valence-electron chi connectivity index (χ2n) is 7.07. The SMILES string of the molecule is C[C@H](CN1CCOCC1)NC(=O)N(Cc1ccccc1F)C1CCC1. The second-order valence-corrected chi connectivity index (χ2v) is 7.07. The first kappa shape index (κ1) is 18.1. The Hall–Kier alpha value is -1.66. The van der Waals surface area contributed by atoms with Crippen molar-refractivity contribution < 1.29 is 13.9 Å². The van der Waals surface area contributed by atoms with E-state index in [1.807, 2.05) is 13.0 Å². The molecule has 0 spiro atoms. The highest BCUT2D eigenvalue weighted by atomic mass is 19.1. The number of hydrogen-bond acceptors (Lipinski definition) is 3. The molecule has 25 heavy (non-hydrogen) atoms. The number of nitrogens with zero attached hydrogens (tertiary/aromatic N) is 2. The van der Waals surface area contributed by atoms with Gasteiger partial charge in [0.2, 0.25) is 0 Å². The van der Waals surface area contributed by atoms with E-state index >= 15 is 0 Å². The lowest BCUT2D eigenvalue weighted by molar-refractivity contribution is 0.0343. The number of ether oxygens (including phenoxy) is 1. The van der Waals surface area contributed by atoms with Crippen LogP contribution in [-0.2, 0) is 11.3 Å². The summed E-state index contributed by atoms with van der Waals surface area (Å²) in [4.78, 5) is 16.9. The Labute approximate surface area is 149 Å². The molecule has 1 aliphatic carbocycles. The van der Waals surface area contributed by atoms with Crippen LogP contribution in [0.4, 0.5) is 9.18 Å². The van der Waals surface area contributed by atoms with Gasteiger partial charge in [-0.3, -0.25) is 4.90 Å². The van der Waals surface area contributed by atoms with Crippen LogP contribution in [0.5, 0.6) is 0 Å². The summed E-state index contributed by atoms with van der Waals surface area (Å²) in [5.41, 5.74) is 0.574. The number of carbonyl (C=O) groups excluding carboxylic acids is 1. The van der Waals surface area contributed by atoms with Crippen LogP contribution in [-0.4, -0.2) is 60.8 Å². The van der Waals surface area contributed by atoms with E-state index in [2.05, 4.69) is 10.2 Å². The lowest BCUT2D eigenvalue weighted by Gasteiger charge is -2.38. The zero-order valence-electron chi connectivity index (χ0n) is 14.9. The van der Waals surface area contributed by atoms with E-state index in [0.717, 1.165) is 52.1 Å². The number of halogens is 1. The van der Waals surface area contributed by atoms with Crippen LogP contribution in [0.15, 0.2) is 24.3 Å². The summed E-state index contributed by atoms with van der Waals surface area (Å²) in [6.45, 7) is 6.48. The van der Waals surface area contributed by atoms with Gasteiger partial charge in [0.15, 0.2) is 0 Å². The molecule has 0 bridgehead atoms. The van der Waals surface area contributed by atoms with Crippen LogP contribution in [0.3, 0.4) is 0 Å². The van der Waals surface area contributed by atoms with E-state index in [1.165, 1.54) is 6.07 Å². The van der Waals surface area contributed by atoms with Crippen molar-refractivity contribution in [2.75, 3.05) is 32.8 Å². The van der Waals surface area contributed by atoms with Gasteiger partial charge in [0, 0.05) is 37.3 Å². The number of hydrogen-bond donors (Lipinski definition) is 1. The van der Waals surface area contributed by atoms with E-state index < -0.39 is 0 Å². The fraction of sp³-hybridized carbons (Fsp3) is 0.632. The third-order valence-corrected chi connectivity index (χ3v) is 5.08. The number of amides is 2. The zero-order chi connectivity index (χ0) is 17.6. The van der Waals surface area contributed by atoms with Gasteiger partial charge in [0.1, 0.15) is 5.82 Å².